The zero-order valence-electron chi connectivity index (χ0n) is 13.5. The lowest BCUT2D eigenvalue weighted by molar-refractivity contribution is 0.589. The van der Waals surface area contributed by atoms with Crippen LogP contribution in [0, 0.1) is 0 Å². The molecule has 3 aromatic rings. The maximum Gasteiger partial charge on any atom is 0.216 e. The van der Waals surface area contributed by atoms with Crippen molar-refractivity contribution in [3.63, 3.8) is 0 Å². The van der Waals surface area contributed by atoms with Crippen LogP contribution in [0.4, 0.5) is 5.69 Å². The quantitative estimate of drug-likeness (QED) is 0.737. The molecule has 0 unspecified atom stereocenters. The van der Waals surface area contributed by atoms with Crippen molar-refractivity contribution in [2.75, 3.05) is 31.1 Å². The van der Waals surface area contributed by atoms with Gasteiger partial charge in [-0.1, -0.05) is 36.4 Å². The van der Waals surface area contributed by atoms with Crippen LogP contribution in [0.1, 0.15) is 0 Å². The first kappa shape index (κ1) is 18.2. The van der Waals surface area contributed by atoms with Crippen LogP contribution in [-0.4, -0.2) is 34.6 Å². The second kappa shape index (κ2) is 7.33. The van der Waals surface area contributed by atoms with E-state index in [-0.39, 0.29) is 12.4 Å². The SMILES string of the molecule is Cl.O=S(=O)(c1cc(N2CCNCC2)cs1)c1cccc2ccccc12. The summed E-state index contributed by atoms with van der Waals surface area (Å²) >= 11 is 1.30. The van der Waals surface area contributed by atoms with E-state index in [1.54, 1.807) is 12.1 Å². The van der Waals surface area contributed by atoms with Gasteiger partial charge in [0.1, 0.15) is 4.21 Å². The molecule has 0 radical (unpaired) electrons. The monoisotopic (exact) mass is 394 g/mol. The van der Waals surface area contributed by atoms with Gasteiger partial charge in [-0.3, -0.25) is 0 Å². The average Bonchev–Trinajstić information content (AvgIpc) is 3.13. The Morgan fingerprint density at radius 3 is 2.52 bits per heavy atom. The number of sulfone groups is 1. The van der Waals surface area contributed by atoms with Gasteiger partial charge in [-0.15, -0.1) is 23.7 Å². The third-order valence-corrected chi connectivity index (χ3v) is 7.59. The Labute approximate surface area is 157 Å². The van der Waals surface area contributed by atoms with Gasteiger partial charge in [0, 0.05) is 42.6 Å². The first-order valence-corrected chi connectivity index (χ1v) is 10.3. The number of nitrogens with one attached hydrogen (secondary N) is 1. The van der Waals surface area contributed by atoms with Gasteiger partial charge in [0.15, 0.2) is 0 Å². The Hall–Kier alpha value is -1.60. The second-order valence-electron chi connectivity index (χ2n) is 5.84. The molecule has 4 nitrogen and oxygen atoms in total. The number of thiophene rings is 1. The highest BCUT2D eigenvalue weighted by Crippen LogP contribution is 2.34. The van der Waals surface area contributed by atoms with E-state index in [0.29, 0.717) is 9.10 Å². The van der Waals surface area contributed by atoms with Crippen molar-refractivity contribution in [2.45, 2.75) is 9.10 Å². The summed E-state index contributed by atoms with van der Waals surface area (Å²) in [5.74, 6) is 0. The van der Waals surface area contributed by atoms with E-state index in [1.807, 2.05) is 41.8 Å². The number of halogens is 1. The molecule has 1 aliphatic rings. The van der Waals surface area contributed by atoms with Crippen LogP contribution in [0.2, 0.25) is 0 Å². The van der Waals surface area contributed by atoms with Crippen molar-refractivity contribution in [3.8, 4) is 0 Å². The number of hydrogen-bond acceptors (Lipinski definition) is 5. The first-order valence-electron chi connectivity index (χ1n) is 7.93. The van der Waals surface area contributed by atoms with Crippen LogP contribution in [0.25, 0.3) is 10.8 Å². The van der Waals surface area contributed by atoms with E-state index < -0.39 is 9.84 Å². The summed E-state index contributed by atoms with van der Waals surface area (Å²) in [5, 5.41) is 6.98. The Morgan fingerprint density at radius 2 is 1.72 bits per heavy atom. The molecule has 1 aliphatic heterocycles. The zero-order valence-corrected chi connectivity index (χ0v) is 16.0. The number of piperazine rings is 1. The fourth-order valence-corrected chi connectivity index (χ4v) is 5.86. The predicted octanol–water partition coefficient (Wildman–Crippen LogP) is 3.57. The Morgan fingerprint density at radius 1 is 1.00 bits per heavy atom. The van der Waals surface area contributed by atoms with Gasteiger partial charge >= 0.3 is 0 Å². The highest BCUT2D eigenvalue weighted by atomic mass is 35.5. The summed E-state index contributed by atoms with van der Waals surface area (Å²) in [6.07, 6.45) is 0. The third-order valence-electron chi connectivity index (χ3n) is 4.35. The Bertz CT molecular complexity index is 974. The van der Waals surface area contributed by atoms with E-state index >= 15 is 0 Å². The smallest absolute Gasteiger partial charge is 0.216 e. The van der Waals surface area contributed by atoms with Gasteiger partial charge in [0.2, 0.25) is 9.84 Å². The molecule has 0 atom stereocenters. The van der Waals surface area contributed by atoms with Gasteiger partial charge < -0.3 is 10.2 Å². The molecule has 1 saturated heterocycles. The van der Waals surface area contributed by atoms with E-state index in [2.05, 4.69) is 10.2 Å². The molecule has 2 aromatic carbocycles. The van der Waals surface area contributed by atoms with Crippen molar-refractivity contribution in [2.24, 2.45) is 0 Å². The van der Waals surface area contributed by atoms with Gasteiger partial charge in [0.05, 0.1) is 4.90 Å². The molecule has 0 saturated carbocycles. The first-order chi connectivity index (χ1) is 11.7. The lowest BCUT2D eigenvalue weighted by Gasteiger charge is -2.28. The molecule has 1 aromatic heterocycles. The van der Waals surface area contributed by atoms with Crippen molar-refractivity contribution in [1.29, 1.82) is 0 Å². The summed E-state index contributed by atoms with van der Waals surface area (Å²) in [4.78, 5) is 2.61. The molecule has 0 amide bonds. The molecule has 132 valence electrons. The minimum atomic E-state index is -3.51. The van der Waals surface area contributed by atoms with Crippen molar-refractivity contribution in [1.82, 2.24) is 5.32 Å². The summed E-state index contributed by atoms with van der Waals surface area (Å²) < 4.78 is 26.7. The zero-order chi connectivity index (χ0) is 16.6. The van der Waals surface area contributed by atoms with E-state index in [9.17, 15) is 8.42 Å². The molecule has 25 heavy (non-hydrogen) atoms. The van der Waals surface area contributed by atoms with Gasteiger partial charge in [-0.05, 0) is 17.5 Å². The Balaban J connectivity index is 0.00000182. The standard InChI is InChI=1S/C18H18N2O2S2.ClH/c21-24(22,17-7-3-5-14-4-1-2-6-16(14)17)18-12-15(13-23-18)20-10-8-19-9-11-20;/h1-7,12-13,19H,8-11H2;1H. The summed E-state index contributed by atoms with van der Waals surface area (Å²) in [6, 6.07) is 14.9. The van der Waals surface area contributed by atoms with Crippen molar-refractivity contribution < 1.29 is 8.42 Å². The number of benzene rings is 2. The molecule has 0 bridgehead atoms. The van der Waals surface area contributed by atoms with Gasteiger partial charge in [-0.2, -0.15) is 0 Å². The summed E-state index contributed by atoms with van der Waals surface area (Å²) in [6.45, 7) is 3.68. The van der Waals surface area contributed by atoms with Crippen LogP contribution in [0.5, 0.6) is 0 Å². The maximum atomic E-state index is 13.1. The maximum absolute atomic E-state index is 13.1. The van der Waals surface area contributed by atoms with Crippen LogP contribution in [0.3, 0.4) is 0 Å². The molecular weight excluding hydrogens is 376 g/mol. The lowest BCUT2D eigenvalue weighted by Crippen LogP contribution is -2.43. The molecule has 0 aliphatic carbocycles. The topological polar surface area (TPSA) is 49.4 Å². The minimum absolute atomic E-state index is 0. The lowest BCUT2D eigenvalue weighted by atomic mass is 10.1. The fraction of sp³-hybridized carbons (Fsp3) is 0.222. The molecule has 2 heterocycles. The molecule has 0 spiro atoms. The normalized spacial score (nSPS) is 15.1. The number of anilines is 1. The summed E-state index contributed by atoms with van der Waals surface area (Å²) in [7, 11) is -3.51. The predicted molar refractivity (Wildman–Crippen MR) is 106 cm³/mol. The average molecular weight is 395 g/mol. The van der Waals surface area contributed by atoms with Crippen LogP contribution in [-0.2, 0) is 9.84 Å². The third kappa shape index (κ3) is 3.40. The van der Waals surface area contributed by atoms with E-state index in [1.165, 1.54) is 11.3 Å². The van der Waals surface area contributed by atoms with E-state index in [4.69, 9.17) is 0 Å². The van der Waals surface area contributed by atoms with Crippen LogP contribution < -0.4 is 10.2 Å². The van der Waals surface area contributed by atoms with Crippen LogP contribution in [0.15, 0.2) is 63.0 Å². The molecule has 7 heteroatoms. The van der Waals surface area contributed by atoms with Crippen molar-refractivity contribution >= 4 is 50.0 Å². The second-order valence-corrected chi connectivity index (χ2v) is 8.90. The van der Waals surface area contributed by atoms with Gasteiger partial charge in [0.25, 0.3) is 0 Å². The largest absolute Gasteiger partial charge is 0.368 e. The van der Waals surface area contributed by atoms with Crippen molar-refractivity contribution in [3.05, 3.63) is 53.9 Å². The number of nitrogens with zero attached hydrogens (tertiary/aromatic N) is 1. The van der Waals surface area contributed by atoms with Gasteiger partial charge in [-0.25, -0.2) is 8.42 Å². The molecule has 4 rings (SSSR count). The highest BCUT2D eigenvalue weighted by Gasteiger charge is 2.23. The number of rotatable bonds is 3. The highest BCUT2D eigenvalue weighted by molar-refractivity contribution is 7.93. The number of hydrogen-bond donors (Lipinski definition) is 1. The number of fused-ring (bicyclic) bond motifs is 1. The molecular formula is C18H19ClN2O2S2. The Kier molecular flexibility index (Phi) is 5.34. The fourth-order valence-electron chi connectivity index (χ4n) is 3.08. The molecule has 1 fully saturated rings. The summed E-state index contributed by atoms with van der Waals surface area (Å²) in [5.41, 5.74) is 1.00. The molecule has 1 N–H and O–H groups in total. The van der Waals surface area contributed by atoms with Crippen LogP contribution >= 0.6 is 23.7 Å². The minimum Gasteiger partial charge on any atom is -0.368 e. The van der Waals surface area contributed by atoms with E-state index in [0.717, 1.165) is 42.6 Å².